The molecule has 1 saturated heterocycles. The molecule has 1 fully saturated rings. The van der Waals surface area contributed by atoms with Crippen molar-refractivity contribution in [3.05, 3.63) is 29.8 Å². The van der Waals surface area contributed by atoms with E-state index >= 15 is 0 Å². The van der Waals surface area contributed by atoms with Crippen LogP contribution >= 0.6 is 0 Å². The van der Waals surface area contributed by atoms with Crippen LogP contribution in [0, 0.1) is 5.92 Å². The van der Waals surface area contributed by atoms with Gasteiger partial charge in [-0.05, 0) is 43.9 Å². The van der Waals surface area contributed by atoms with E-state index < -0.39 is 22.1 Å². The molecule has 8 heteroatoms. The molecule has 0 saturated carbocycles. The lowest BCUT2D eigenvalue weighted by Crippen LogP contribution is -2.37. The van der Waals surface area contributed by atoms with E-state index in [1.54, 1.807) is 0 Å². The Morgan fingerprint density at radius 3 is 2.46 bits per heavy atom. The number of amides is 1. The first-order valence-electron chi connectivity index (χ1n) is 8.80. The van der Waals surface area contributed by atoms with Gasteiger partial charge in [0, 0.05) is 19.6 Å². The van der Waals surface area contributed by atoms with Crippen molar-refractivity contribution in [1.29, 1.82) is 0 Å². The Kier molecular flexibility index (Phi) is 6.77. The summed E-state index contributed by atoms with van der Waals surface area (Å²) in [6.07, 6.45) is 0.716. The number of nitrogens with zero attached hydrogens (tertiary/aromatic N) is 1. The quantitative estimate of drug-likeness (QED) is 0.726. The number of carbonyl (C=O) groups excluding carboxylic acids is 2. The monoisotopic (exact) mass is 382 g/mol. The number of sulfonamides is 1. The number of benzene rings is 1. The average molecular weight is 382 g/mol. The van der Waals surface area contributed by atoms with Crippen molar-refractivity contribution in [2.24, 2.45) is 5.92 Å². The topological polar surface area (TPSA) is 92.8 Å². The molecule has 1 heterocycles. The minimum atomic E-state index is -3.61. The highest BCUT2D eigenvalue weighted by atomic mass is 32.2. The van der Waals surface area contributed by atoms with Crippen LogP contribution in [0.3, 0.4) is 0 Å². The molecular formula is C18H26N2O5S. The molecule has 7 nitrogen and oxygen atoms in total. The highest BCUT2D eigenvalue weighted by Gasteiger charge is 2.28. The van der Waals surface area contributed by atoms with E-state index in [0.717, 1.165) is 12.8 Å². The summed E-state index contributed by atoms with van der Waals surface area (Å²) in [6.45, 7) is 6.88. The lowest BCUT2D eigenvalue weighted by atomic mass is 10.2. The third kappa shape index (κ3) is 5.04. The van der Waals surface area contributed by atoms with Gasteiger partial charge in [-0.25, -0.2) is 13.2 Å². The third-order valence-corrected chi connectivity index (χ3v) is 6.00. The Hall–Kier alpha value is -1.93. The first-order valence-corrected chi connectivity index (χ1v) is 10.2. The van der Waals surface area contributed by atoms with Gasteiger partial charge >= 0.3 is 5.97 Å². The van der Waals surface area contributed by atoms with E-state index in [9.17, 15) is 18.0 Å². The van der Waals surface area contributed by atoms with Crippen LogP contribution < -0.4 is 5.32 Å². The van der Waals surface area contributed by atoms with Gasteiger partial charge in [0.05, 0.1) is 10.5 Å². The summed E-state index contributed by atoms with van der Waals surface area (Å²) in [5.74, 6) is -0.821. The van der Waals surface area contributed by atoms with E-state index in [1.165, 1.54) is 35.5 Å². The van der Waals surface area contributed by atoms with Gasteiger partial charge in [0.2, 0.25) is 10.0 Å². The lowest BCUT2D eigenvalue weighted by molar-refractivity contribution is -0.129. The third-order valence-electron chi connectivity index (χ3n) is 4.11. The zero-order valence-corrected chi connectivity index (χ0v) is 16.2. The van der Waals surface area contributed by atoms with Crippen LogP contribution in [0.15, 0.2) is 29.2 Å². The molecule has 0 unspecified atom stereocenters. The van der Waals surface area contributed by atoms with Gasteiger partial charge in [0.1, 0.15) is 0 Å². The number of ether oxygens (including phenoxy) is 1. The van der Waals surface area contributed by atoms with Gasteiger partial charge in [-0.2, -0.15) is 4.31 Å². The second-order valence-corrected chi connectivity index (χ2v) is 8.76. The molecule has 0 aromatic heterocycles. The molecule has 0 radical (unpaired) electrons. The predicted octanol–water partition coefficient (Wildman–Crippen LogP) is 1.79. The van der Waals surface area contributed by atoms with Crippen molar-refractivity contribution in [3.8, 4) is 0 Å². The lowest BCUT2D eigenvalue weighted by Gasteiger charge is -2.17. The molecule has 1 aliphatic rings. The zero-order chi connectivity index (χ0) is 19.3. The summed E-state index contributed by atoms with van der Waals surface area (Å²) < 4.78 is 31.8. The molecule has 1 N–H and O–H groups in total. The predicted molar refractivity (Wildman–Crippen MR) is 97.2 cm³/mol. The second-order valence-electron chi connectivity index (χ2n) is 6.83. The van der Waals surface area contributed by atoms with Gasteiger partial charge in [-0.15, -0.1) is 0 Å². The van der Waals surface area contributed by atoms with Crippen LogP contribution in [0.25, 0.3) is 0 Å². The smallest absolute Gasteiger partial charge is 0.338 e. The first-order chi connectivity index (χ1) is 12.2. The zero-order valence-electron chi connectivity index (χ0n) is 15.4. The Labute approximate surface area is 154 Å². The van der Waals surface area contributed by atoms with Crippen LogP contribution in [0.2, 0.25) is 0 Å². The Bertz CT molecular complexity index is 755. The highest BCUT2D eigenvalue weighted by molar-refractivity contribution is 7.89. The maximum absolute atomic E-state index is 12.6. The molecule has 26 heavy (non-hydrogen) atoms. The number of rotatable bonds is 7. The van der Waals surface area contributed by atoms with E-state index in [1.807, 2.05) is 13.8 Å². The van der Waals surface area contributed by atoms with Gasteiger partial charge in [0.25, 0.3) is 5.91 Å². The number of esters is 1. The molecule has 2 rings (SSSR count). The summed E-state index contributed by atoms with van der Waals surface area (Å²) in [4.78, 5) is 24.3. The van der Waals surface area contributed by atoms with Crippen molar-refractivity contribution >= 4 is 21.9 Å². The Balaban J connectivity index is 2.07. The average Bonchev–Trinajstić information content (AvgIpc) is 3.15. The van der Waals surface area contributed by atoms with Crippen molar-refractivity contribution in [2.75, 3.05) is 19.6 Å². The molecule has 1 atom stereocenters. The second kappa shape index (κ2) is 8.64. The summed E-state index contributed by atoms with van der Waals surface area (Å²) >= 11 is 0. The molecule has 1 aromatic rings. The number of carbonyl (C=O) groups is 2. The number of hydrogen-bond acceptors (Lipinski definition) is 5. The number of nitrogens with one attached hydrogen (secondary N) is 1. The van der Waals surface area contributed by atoms with Crippen LogP contribution in [0.5, 0.6) is 0 Å². The largest absolute Gasteiger partial charge is 0.449 e. The fourth-order valence-electron chi connectivity index (χ4n) is 2.59. The molecular weight excluding hydrogens is 356 g/mol. The maximum atomic E-state index is 12.6. The highest BCUT2D eigenvalue weighted by Crippen LogP contribution is 2.22. The molecule has 0 bridgehead atoms. The van der Waals surface area contributed by atoms with Crippen molar-refractivity contribution < 1.29 is 22.7 Å². The molecule has 0 spiro atoms. The van der Waals surface area contributed by atoms with Gasteiger partial charge < -0.3 is 10.1 Å². The number of hydrogen-bond donors (Lipinski definition) is 1. The van der Waals surface area contributed by atoms with Gasteiger partial charge in [-0.1, -0.05) is 19.9 Å². The SMILES string of the molecule is CC(C)CNC(=O)[C@H](C)OC(=O)c1cccc(S(=O)(=O)N2CCCC2)c1. The van der Waals surface area contributed by atoms with E-state index in [4.69, 9.17) is 4.74 Å². The van der Waals surface area contributed by atoms with Crippen molar-refractivity contribution in [1.82, 2.24) is 9.62 Å². The van der Waals surface area contributed by atoms with Gasteiger partial charge in [0.15, 0.2) is 6.10 Å². The molecule has 1 amide bonds. The Morgan fingerprint density at radius 2 is 1.85 bits per heavy atom. The summed E-state index contributed by atoms with van der Waals surface area (Å²) in [5.41, 5.74) is 0.105. The van der Waals surface area contributed by atoms with Crippen LogP contribution in [0.1, 0.15) is 44.0 Å². The standard InChI is InChI=1S/C18H26N2O5S/c1-13(2)12-19-17(21)14(3)25-18(22)15-7-6-8-16(11-15)26(23,24)20-9-4-5-10-20/h6-8,11,13-14H,4-5,9-10,12H2,1-3H3,(H,19,21)/t14-/m0/s1. The minimum absolute atomic E-state index is 0.0609. The van der Waals surface area contributed by atoms with E-state index in [0.29, 0.717) is 19.6 Å². The van der Waals surface area contributed by atoms with E-state index in [-0.39, 0.29) is 22.3 Å². The van der Waals surface area contributed by atoms with Crippen LogP contribution in [0.4, 0.5) is 0 Å². The van der Waals surface area contributed by atoms with Crippen LogP contribution in [-0.4, -0.2) is 50.3 Å². The van der Waals surface area contributed by atoms with Gasteiger partial charge in [-0.3, -0.25) is 4.79 Å². The fraction of sp³-hybridized carbons (Fsp3) is 0.556. The van der Waals surface area contributed by atoms with E-state index in [2.05, 4.69) is 5.32 Å². The Morgan fingerprint density at radius 1 is 1.19 bits per heavy atom. The molecule has 1 aromatic carbocycles. The summed E-state index contributed by atoms with van der Waals surface area (Å²) in [7, 11) is -3.61. The first kappa shape index (κ1) is 20.4. The fourth-order valence-corrected chi connectivity index (χ4v) is 4.16. The van der Waals surface area contributed by atoms with Crippen LogP contribution in [-0.2, 0) is 19.6 Å². The van der Waals surface area contributed by atoms with Crippen molar-refractivity contribution in [2.45, 2.75) is 44.6 Å². The minimum Gasteiger partial charge on any atom is -0.449 e. The normalized spacial score (nSPS) is 16.5. The summed E-state index contributed by atoms with van der Waals surface area (Å²) in [6, 6.07) is 5.74. The molecule has 1 aliphatic heterocycles. The molecule has 0 aliphatic carbocycles. The maximum Gasteiger partial charge on any atom is 0.338 e. The molecule has 144 valence electrons. The van der Waals surface area contributed by atoms with Crippen molar-refractivity contribution in [3.63, 3.8) is 0 Å². The summed E-state index contributed by atoms with van der Waals surface area (Å²) in [5, 5.41) is 2.69.